The topological polar surface area (TPSA) is 41.5 Å². The van der Waals surface area contributed by atoms with Crippen LogP contribution in [0, 0.1) is 0 Å². The van der Waals surface area contributed by atoms with E-state index in [0.717, 1.165) is 28.5 Å². The van der Waals surface area contributed by atoms with Crippen molar-refractivity contribution in [3.8, 4) is 5.75 Å². The lowest BCUT2D eigenvalue weighted by Gasteiger charge is -2.24. The normalized spacial score (nSPS) is 14.2. The first kappa shape index (κ1) is 14.8. The summed E-state index contributed by atoms with van der Waals surface area (Å²) in [5, 5.41) is 15.5. The van der Waals surface area contributed by atoms with E-state index in [0.29, 0.717) is 6.04 Å². The van der Waals surface area contributed by atoms with Crippen molar-refractivity contribution in [2.75, 3.05) is 13.7 Å². The standard InChI is InChI=1S/C17H23NO2/c1-4-12(2)18-15(11-19)17-14-8-6-5-7-13(14)9-10-16(17)20-3/h5-10,12,15,18-19H,4,11H2,1-3H3. The van der Waals surface area contributed by atoms with Gasteiger partial charge in [-0.15, -0.1) is 0 Å². The van der Waals surface area contributed by atoms with E-state index in [2.05, 4.69) is 37.4 Å². The number of fused-ring (bicyclic) bond motifs is 1. The average Bonchev–Trinajstić information content (AvgIpc) is 2.51. The molecule has 0 heterocycles. The van der Waals surface area contributed by atoms with E-state index in [9.17, 15) is 5.11 Å². The molecule has 20 heavy (non-hydrogen) atoms. The lowest BCUT2D eigenvalue weighted by molar-refractivity contribution is 0.231. The second-order valence-corrected chi connectivity index (χ2v) is 5.11. The zero-order chi connectivity index (χ0) is 14.5. The molecule has 3 nitrogen and oxygen atoms in total. The number of ether oxygens (including phenoxy) is 1. The number of aliphatic hydroxyl groups excluding tert-OH is 1. The summed E-state index contributed by atoms with van der Waals surface area (Å²) in [7, 11) is 1.67. The highest BCUT2D eigenvalue weighted by atomic mass is 16.5. The second kappa shape index (κ2) is 6.73. The molecule has 0 aliphatic carbocycles. The van der Waals surface area contributed by atoms with Crippen molar-refractivity contribution < 1.29 is 9.84 Å². The first-order valence-corrected chi connectivity index (χ1v) is 7.13. The Morgan fingerprint density at radius 2 is 1.95 bits per heavy atom. The lowest BCUT2D eigenvalue weighted by Crippen LogP contribution is -2.32. The van der Waals surface area contributed by atoms with Crippen LogP contribution in [0.1, 0.15) is 31.9 Å². The van der Waals surface area contributed by atoms with Crippen LogP contribution in [0.25, 0.3) is 10.8 Å². The number of rotatable bonds is 6. The molecule has 2 aromatic carbocycles. The monoisotopic (exact) mass is 273 g/mol. The molecule has 0 aromatic heterocycles. The summed E-state index contributed by atoms with van der Waals surface area (Å²) in [5.41, 5.74) is 1.04. The van der Waals surface area contributed by atoms with Crippen LogP contribution in [0.2, 0.25) is 0 Å². The van der Waals surface area contributed by atoms with Crippen LogP contribution in [0.4, 0.5) is 0 Å². The van der Waals surface area contributed by atoms with Gasteiger partial charge in [0.15, 0.2) is 0 Å². The van der Waals surface area contributed by atoms with Crippen molar-refractivity contribution in [2.45, 2.75) is 32.4 Å². The molecule has 0 amide bonds. The molecule has 2 aromatic rings. The lowest BCUT2D eigenvalue weighted by atomic mass is 9.97. The maximum atomic E-state index is 9.79. The van der Waals surface area contributed by atoms with Crippen molar-refractivity contribution in [1.82, 2.24) is 5.32 Å². The van der Waals surface area contributed by atoms with Crippen LogP contribution < -0.4 is 10.1 Å². The molecule has 2 unspecified atom stereocenters. The summed E-state index contributed by atoms with van der Waals surface area (Å²) in [5.74, 6) is 0.818. The molecule has 0 aliphatic rings. The fraction of sp³-hybridized carbons (Fsp3) is 0.412. The molecule has 3 heteroatoms. The zero-order valence-corrected chi connectivity index (χ0v) is 12.4. The van der Waals surface area contributed by atoms with Gasteiger partial charge in [0.05, 0.1) is 19.8 Å². The SMILES string of the molecule is CCC(C)NC(CO)c1c(OC)ccc2ccccc12. The molecule has 0 radical (unpaired) electrons. The Morgan fingerprint density at radius 3 is 2.60 bits per heavy atom. The minimum Gasteiger partial charge on any atom is -0.496 e. The third-order valence-corrected chi connectivity index (χ3v) is 3.78. The molecule has 2 rings (SSSR count). The van der Waals surface area contributed by atoms with Crippen molar-refractivity contribution in [1.29, 1.82) is 0 Å². The van der Waals surface area contributed by atoms with E-state index in [-0.39, 0.29) is 12.6 Å². The van der Waals surface area contributed by atoms with Crippen LogP contribution in [0.15, 0.2) is 36.4 Å². The van der Waals surface area contributed by atoms with Gasteiger partial charge in [-0.25, -0.2) is 0 Å². The second-order valence-electron chi connectivity index (χ2n) is 5.11. The number of aliphatic hydroxyl groups is 1. The summed E-state index contributed by atoms with van der Waals surface area (Å²) in [6.45, 7) is 4.31. The van der Waals surface area contributed by atoms with Crippen LogP contribution in [-0.4, -0.2) is 24.9 Å². The fourth-order valence-electron chi connectivity index (χ4n) is 2.50. The Balaban J connectivity index is 2.53. The number of nitrogens with one attached hydrogen (secondary N) is 1. The number of hydrogen-bond donors (Lipinski definition) is 2. The van der Waals surface area contributed by atoms with Gasteiger partial charge in [-0.05, 0) is 30.2 Å². The predicted molar refractivity (Wildman–Crippen MR) is 83.2 cm³/mol. The number of methoxy groups -OCH3 is 1. The highest BCUT2D eigenvalue weighted by molar-refractivity contribution is 5.88. The minimum atomic E-state index is -0.119. The minimum absolute atomic E-state index is 0.0503. The van der Waals surface area contributed by atoms with E-state index in [1.807, 2.05) is 18.2 Å². The molecular weight excluding hydrogens is 250 g/mol. The smallest absolute Gasteiger partial charge is 0.124 e. The predicted octanol–water partition coefficient (Wildman–Crippen LogP) is 3.27. The molecular formula is C17H23NO2. The van der Waals surface area contributed by atoms with Gasteiger partial charge < -0.3 is 15.2 Å². The Kier molecular flexibility index (Phi) is 4.99. The van der Waals surface area contributed by atoms with Gasteiger partial charge >= 0.3 is 0 Å². The summed E-state index contributed by atoms with van der Waals surface area (Å²) >= 11 is 0. The quantitative estimate of drug-likeness (QED) is 0.848. The third-order valence-electron chi connectivity index (χ3n) is 3.78. The number of hydrogen-bond acceptors (Lipinski definition) is 3. The van der Waals surface area contributed by atoms with Gasteiger partial charge in [0, 0.05) is 11.6 Å². The summed E-state index contributed by atoms with van der Waals surface area (Å²) in [6, 6.07) is 12.4. The highest BCUT2D eigenvalue weighted by Gasteiger charge is 2.19. The fourth-order valence-corrected chi connectivity index (χ4v) is 2.50. The Hall–Kier alpha value is -1.58. The maximum absolute atomic E-state index is 9.79. The highest BCUT2D eigenvalue weighted by Crippen LogP contribution is 2.33. The molecule has 0 spiro atoms. The first-order chi connectivity index (χ1) is 9.71. The van der Waals surface area contributed by atoms with Gasteiger partial charge in [0.25, 0.3) is 0 Å². The molecule has 2 atom stereocenters. The molecule has 0 fully saturated rings. The van der Waals surface area contributed by atoms with Gasteiger partial charge in [-0.2, -0.15) is 0 Å². The summed E-state index contributed by atoms with van der Waals surface area (Å²) in [6.07, 6.45) is 1.02. The van der Waals surface area contributed by atoms with Crippen molar-refractivity contribution in [3.63, 3.8) is 0 Å². The molecule has 2 N–H and O–H groups in total. The number of benzene rings is 2. The van der Waals surface area contributed by atoms with E-state index in [1.165, 1.54) is 0 Å². The largest absolute Gasteiger partial charge is 0.496 e. The average molecular weight is 273 g/mol. The van der Waals surface area contributed by atoms with Crippen molar-refractivity contribution >= 4 is 10.8 Å². The maximum Gasteiger partial charge on any atom is 0.124 e. The Morgan fingerprint density at radius 1 is 1.20 bits per heavy atom. The molecule has 0 saturated carbocycles. The first-order valence-electron chi connectivity index (χ1n) is 7.13. The van der Waals surface area contributed by atoms with E-state index in [4.69, 9.17) is 4.74 Å². The van der Waals surface area contributed by atoms with Gasteiger partial charge in [0.2, 0.25) is 0 Å². The molecule has 0 saturated heterocycles. The Labute approximate surface area is 120 Å². The molecule has 0 bridgehead atoms. The van der Waals surface area contributed by atoms with E-state index in [1.54, 1.807) is 7.11 Å². The van der Waals surface area contributed by atoms with Gasteiger partial charge in [-0.3, -0.25) is 0 Å². The van der Waals surface area contributed by atoms with Gasteiger partial charge in [0.1, 0.15) is 5.75 Å². The summed E-state index contributed by atoms with van der Waals surface area (Å²) in [4.78, 5) is 0. The molecule has 0 aliphatic heterocycles. The van der Waals surface area contributed by atoms with E-state index < -0.39 is 0 Å². The van der Waals surface area contributed by atoms with Crippen LogP contribution in [0.3, 0.4) is 0 Å². The van der Waals surface area contributed by atoms with Crippen LogP contribution in [0.5, 0.6) is 5.75 Å². The zero-order valence-electron chi connectivity index (χ0n) is 12.4. The Bertz CT molecular complexity index is 568. The van der Waals surface area contributed by atoms with Gasteiger partial charge in [-0.1, -0.05) is 37.3 Å². The van der Waals surface area contributed by atoms with Crippen molar-refractivity contribution in [2.24, 2.45) is 0 Å². The van der Waals surface area contributed by atoms with Crippen LogP contribution >= 0.6 is 0 Å². The van der Waals surface area contributed by atoms with E-state index >= 15 is 0 Å². The summed E-state index contributed by atoms with van der Waals surface area (Å²) < 4.78 is 5.50. The third kappa shape index (κ3) is 2.94. The van der Waals surface area contributed by atoms with Crippen LogP contribution in [-0.2, 0) is 0 Å². The molecule has 108 valence electrons. The van der Waals surface area contributed by atoms with Crippen molar-refractivity contribution in [3.05, 3.63) is 42.0 Å².